The van der Waals surface area contributed by atoms with Crippen LogP contribution in [0.4, 0.5) is 13.2 Å². The van der Waals surface area contributed by atoms with E-state index in [1.54, 1.807) is 13.8 Å². The largest absolute Gasteiger partial charge is 0.418 e. The molecule has 0 atom stereocenters. The second-order valence-electron chi connectivity index (χ2n) is 4.40. The molecule has 0 spiro atoms. The summed E-state index contributed by atoms with van der Waals surface area (Å²) >= 11 is 5.97. The van der Waals surface area contributed by atoms with E-state index in [2.05, 4.69) is 5.10 Å². The van der Waals surface area contributed by atoms with E-state index in [9.17, 15) is 13.2 Å². The number of aliphatic hydroxyl groups is 1. The van der Waals surface area contributed by atoms with Crippen molar-refractivity contribution in [1.29, 1.82) is 0 Å². The Morgan fingerprint density at radius 3 is 2.40 bits per heavy atom. The maximum Gasteiger partial charge on any atom is 0.418 e. The summed E-state index contributed by atoms with van der Waals surface area (Å²) in [5.74, 6) is 0. The zero-order valence-electron chi connectivity index (χ0n) is 10.8. The Bertz CT molecular complexity index is 650. The van der Waals surface area contributed by atoms with Crippen molar-refractivity contribution in [1.82, 2.24) is 9.78 Å². The molecule has 2 rings (SSSR count). The number of rotatable bonds is 2. The summed E-state index contributed by atoms with van der Waals surface area (Å²) < 4.78 is 40.6. The summed E-state index contributed by atoms with van der Waals surface area (Å²) in [6, 6.07) is 3.62. The molecule has 0 saturated heterocycles. The molecule has 3 nitrogen and oxygen atoms in total. The van der Waals surface area contributed by atoms with Crippen LogP contribution in [0.3, 0.4) is 0 Å². The predicted molar refractivity (Wildman–Crippen MR) is 69.0 cm³/mol. The van der Waals surface area contributed by atoms with Crippen LogP contribution in [-0.4, -0.2) is 14.9 Å². The minimum absolute atomic E-state index is 0.109. The number of aryl methyl sites for hydroxylation is 1. The van der Waals surface area contributed by atoms with Gasteiger partial charge >= 0.3 is 6.18 Å². The lowest BCUT2D eigenvalue weighted by Gasteiger charge is -2.15. The molecule has 7 heteroatoms. The van der Waals surface area contributed by atoms with Gasteiger partial charge in [0.05, 0.1) is 34.3 Å². The van der Waals surface area contributed by atoms with Gasteiger partial charge in [0.15, 0.2) is 0 Å². The van der Waals surface area contributed by atoms with Crippen LogP contribution < -0.4 is 0 Å². The van der Waals surface area contributed by atoms with Crippen molar-refractivity contribution in [3.05, 3.63) is 45.7 Å². The Kier molecular flexibility index (Phi) is 3.80. The highest BCUT2D eigenvalue weighted by molar-refractivity contribution is 6.31. The molecule has 1 heterocycles. The van der Waals surface area contributed by atoms with Crippen molar-refractivity contribution in [2.45, 2.75) is 26.6 Å². The highest BCUT2D eigenvalue weighted by Crippen LogP contribution is 2.35. The van der Waals surface area contributed by atoms with Crippen LogP contribution in [0.15, 0.2) is 18.2 Å². The van der Waals surface area contributed by atoms with E-state index >= 15 is 0 Å². The van der Waals surface area contributed by atoms with Gasteiger partial charge in [-0.25, -0.2) is 4.68 Å². The van der Waals surface area contributed by atoms with Crippen LogP contribution in [-0.2, 0) is 12.8 Å². The van der Waals surface area contributed by atoms with Crippen molar-refractivity contribution >= 4 is 11.6 Å². The van der Waals surface area contributed by atoms with Gasteiger partial charge in [-0.2, -0.15) is 18.3 Å². The molecule has 0 fully saturated rings. The van der Waals surface area contributed by atoms with Crippen molar-refractivity contribution in [3.8, 4) is 5.69 Å². The Labute approximate surface area is 118 Å². The number of aliphatic hydroxyl groups excluding tert-OH is 1. The Balaban J connectivity index is 2.70. The first-order valence-corrected chi connectivity index (χ1v) is 6.16. The minimum Gasteiger partial charge on any atom is -0.392 e. The predicted octanol–water partition coefficient (Wildman–Crippen LogP) is 3.65. The molecule has 0 amide bonds. The lowest BCUT2D eigenvalue weighted by molar-refractivity contribution is -0.137. The van der Waals surface area contributed by atoms with E-state index in [4.69, 9.17) is 16.7 Å². The second kappa shape index (κ2) is 5.10. The fraction of sp³-hybridized carbons (Fsp3) is 0.308. The van der Waals surface area contributed by atoms with Gasteiger partial charge < -0.3 is 5.11 Å². The summed E-state index contributed by atoms with van der Waals surface area (Å²) in [4.78, 5) is 0. The first kappa shape index (κ1) is 14.9. The van der Waals surface area contributed by atoms with Crippen LogP contribution in [0, 0.1) is 13.8 Å². The van der Waals surface area contributed by atoms with E-state index in [1.165, 1.54) is 16.8 Å². The summed E-state index contributed by atoms with van der Waals surface area (Å²) in [6.45, 7) is 2.77. The Hall–Kier alpha value is -1.53. The first-order valence-electron chi connectivity index (χ1n) is 5.78. The highest BCUT2D eigenvalue weighted by atomic mass is 35.5. The number of benzene rings is 1. The summed E-state index contributed by atoms with van der Waals surface area (Å²) in [5.41, 5.74) is 0.122. The molecule has 0 unspecified atom stereocenters. The quantitative estimate of drug-likeness (QED) is 0.919. The monoisotopic (exact) mass is 304 g/mol. The van der Waals surface area contributed by atoms with E-state index in [-0.39, 0.29) is 11.3 Å². The summed E-state index contributed by atoms with van der Waals surface area (Å²) in [6.07, 6.45) is -4.54. The van der Waals surface area contributed by atoms with E-state index in [0.717, 1.165) is 6.07 Å². The lowest BCUT2D eigenvalue weighted by atomic mass is 10.1. The van der Waals surface area contributed by atoms with Gasteiger partial charge in [0, 0.05) is 0 Å². The van der Waals surface area contributed by atoms with E-state index < -0.39 is 18.3 Å². The first-order chi connectivity index (χ1) is 9.25. The van der Waals surface area contributed by atoms with E-state index in [1.807, 2.05) is 0 Å². The van der Waals surface area contributed by atoms with Crippen LogP contribution in [0.25, 0.3) is 5.69 Å². The molecule has 0 aliphatic heterocycles. The molecule has 1 aromatic heterocycles. The maximum absolute atomic E-state index is 13.1. The van der Waals surface area contributed by atoms with Gasteiger partial charge in [-0.05, 0) is 31.5 Å². The van der Waals surface area contributed by atoms with Crippen LogP contribution >= 0.6 is 11.6 Å². The smallest absolute Gasteiger partial charge is 0.392 e. The standard InChI is InChI=1S/C13H12ClF3N2O/c1-7-12(14)8(2)19(18-7)11-4-3-9(6-20)5-10(11)13(15,16)17/h3-5,20H,6H2,1-2H3. The third-order valence-electron chi connectivity index (χ3n) is 2.98. The van der Waals surface area contributed by atoms with Crippen molar-refractivity contribution < 1.29 is 18.3 Å². The number of hydrogen-bond donors (Lipinski definition) is 1. The number of alkyl halides is 3. The minimum atomic E-state index is -4.54. The molecule has 108 valence electrons. The van der Waals surface area contributed by atoms with Crippen LogP contribution in [0.2, 0.25) is 5.02 Å². The Morgan fingerprint density at radius 2 is 1.95 bits per heavy atom. The molecule has 1 N–H and O–H groups in total. The molecule has 2 aromatic rings. The van der Waals surface area contributed by atoms with Gasteiger partial charge in [-0.15, -0.1) is 0 Å². The van der Waals surface area contributed by atoms with Crippen molar-refractivity contribution in [3.63, 3.8) is 0 Å². The van der Waals surface area contributed by atoms with E-state index in [0.29, 0.717) is 16.4 Å². The molecular weight excluding hydrogens is 293 g/mol. The molecule has 0 bridgehead atoms. The molecule has 0 radical (unpaired) electrons. The summed E-state index contributed by atoms with van der Waals surface area (Å²) in [7, 11) is 0. The van der Waals surface area contributed by atoms with Crippen LogP contribution in [0.5, 0.6) is 0 Å². The fourth-order valence-electron chi connectivity index (χ4n) is 1.95. The van der Waals surface area contributed by atoms with Gasteiger partial charge in [0.25, 0.3) is 0 Å². The third-order valence-corrected chi connectivity index (χ3v) is 3.53. The van der Waals surface area contributed by atoms with Gasteiger partial charge in [0.1, 0.15) is 0 Å². The lowest BCUT2D eigenvalue weighted by Crippen LogP contribution is -2.13. The van der Waals surface area contributed by atoms with Crippen LogP contribution in [0.1, 0.15) is 22.5 Å². The van der Waals surface area contributed by atoms with Gasteiger partial charge in [-0.3, -0.25) is 0 Å². The number of hydrogen-bond acceptors (Lipinski definition) is 2. The fourth-order valence-corrected chi connectivity index (χ4v) is 2.07. The number of halogens is 4. The zero-order chi connectivity index (χ0) is 15.1. The topological polar surface area (TPSA) is 38.0 Å². The third kappa shape index (κ3) is 2.53. The summed E-state index contributed by atoms with van der Waals surface area (Å²) in [5, 5.41) is 13.4. The number of nitrogens with zero attached hydrogens (tertiary/aromatic N) is 2. The molecule has 20 heavy (non-hydrogen) atoms. The van der Waals surface area contributed by atoms with Crippen molar-refractivity contribution in [2.75, 3.05) is 0 Å². The molecule has 0 aliphatic rings. The average molecular weight is 305 g/mol. The second-order valence-corrected chi connectivity index (χ2v) is 4.78. The average Bonchev–Trinajstić information content (AvgIpc) is 2.65. The molecule has 1 aromatic carbocycles. The normalized spacial score (nSPS) is 11.9. The Morgan fingerprint density at radius 1 is 1.30 bits per heavy atom. The maximum atomic E-state index is 13.1. The van der Waals surface area contributed by atoms with Crippen molar-refractivity contribution in [2.24, 2.45) is 0 Å². The van der Waals surface area contributed by atoms with Gasteiger partial charge in [0.2, 0.25) is 0 Å². The zero-order valence-corrected chi connectivity index (χ0v) is 11.5. The SMILES string of the molecule is Cc1nn(-c2ccc(CO)cc2C(F)(F)F)c(C)c1Cl. The van der Waals surface area contributed by atoms with Gasteiger partial charge in [-0.1, -0.05) is 17.7 Å². The molecule has 0 saturated carbocycles. The molecule has 0 aliphatic carbocycles. The highest BCUT2D eigenvalue weighted by Gasteiger charge is 2.35. The number of aromatic nitrogens is 2. The molecular formula is C13H12ClF3N2O.